The zero-order valence-electron chi connectivity index (χ0n) is 13.5. The third kappa shape index (κ3) is 3.28. The summed E-state index contributed by atoms with van der Waals surface area (Å²) in [5.74, 6) is 2.56. The number of rotatable bonds is 5. The molecule has 6 heteroatoms. The molecule has 4 aromatic rings. The Morgan fingerprint density at radius 2 is 1.68 bits per heavy atom. The second kappa shape index (κ2) is 6.60. The minimum Gasteiger partial charge on any atom is -0.487 e. The first kappa shape index (κ1) is 15.1. The molecular weight excluding hydrogens is 318 g/mol. The Hall–Kier alpha value is -3.41. The second-order valence-corrected chi connectivity index (χ2v) is 5.44. The highest BCUT2D eigenvalue weighted by Crippen LogP contribution is 2.24. The molecule has 4 rings (SSSR count). The smallest absolute Gasteiger partial charge is 0.247 e. The molecule has 0 aliphatic rings. The van der Waals surface area contributed by atoms with Gasteiger partial charge in [0.1, 0.15) is 23.8 Å². The van der Waals surface area contributed by atoms with Crippen LogP contribution in [0.25, 0.3) is 22.9 Å². The number of nitrogens with zero attached hydrogens (tertiary/aromatic N) is 3. The molecule has 2 aromatic carbocycles. The van der Waals surface area contributed by atoms with Crippen molar-refractivity contribution in [3.8, 4) is 28.7 Å². The molecule has 124 valence electrons. The number of hydrogen-bond donors (Lipinski definition) is 0. The predicted octanol–water partition coefficient (Wildman–Crippen LogP) is 4.28. The second-order valence-electron chi connectivity index (χ2n) is 5.44. The number of hydrogen-bond acceptors (Lipinski definition) is 6. The minimum atomic E-state index is 0.335. The van der Waals surface area contributed by atoms with Crippen molar-refractivity contribution in [1.29, 1.82) is 0 Å². The van der Waals surface area contributed by atoms with E-state index >= 15 is 0 Å². The summed E-state index contributed by atoms with van der Waals surface area (Å²) in [6.07, 6.45) is 1.30. The van der Waals surface area contributed by atoms with Gasteiger partial charge in [-0.3, -0.25) is 0 Å². The molecule has 25 heavy (non-hydrogen) atoms. The van der Waals surface area contributed by atoms with Crippen LogP contribution in [0.1, 0.15) is 11.5 Å². The molecule has 0 bridgehead atoms. The number of aromatic nitrogens is 3. The average molecular weight is 333 g/mol. The average Bonchev–Trinajstić information content (AvgIpc) is 3.31. The first-order valence-corrected chi connectivity index (χ1v) is 7.81. The molecule has 0 atom stereocenters. The molecular formula is C19H15N3O3. The Kier molecular flexibility index (Phi) is 4.00. The summed E-state index contributed by atoms with van der Waals surface area (Å²) >= 11 is 0. The first-order valence-electron chi connectivity index (χ1n) is 7.81. The molecule has 0 N–H and O–H groups in total. The highest BCUT2D eigenvalue weighted by molar-refractivity contribution is 5.54. The third-order valence-corrected chi connectivity index (χ3v) is 3.75. The van der Waals surface area contributed by atoms with E-state index in [0.29, 0.717) is 18.4 Å². The number of aryl methyl sites for hydroxylation is 1. The van der Waals surface area contributed by atoms with Gasteiger partial charge in [-0.05, 0) is 43.3 Å². The van der Waals surface area contributed by atoms with E-state index in [-0.39, 0.29) is 0 Å². The molecule has 2 aromatic heterocycles. The zero-order valence-corrected chi connectivity index (χ0v) is 13.5. The molecule has 0 radical (unpaired) electrons. The van der Waals surface area contributed by atoms with Gasteiger partial charge in [-0.1, -0.05) is 18.2 Å². The molecule has 0 aliphatic heterocycles. The van der Waals surface area contributed by atoms with E-state index in [1.807, 2.05) is 61.5 Å². The molecule has 2 heterocycles. The molecule has 0 saturated carbocycles. The molecule has 0 amide bonds. The summed E-state index contributed by atoms with van der Waals surface area (Å²) < 4.78 is 16.7. The molecule has 0 unspecified atom stereocenters. The molecule has 0 saturated heterocycles. The van der Waals surface area contributed by atoms with Crippen LogP contribution in [0.15, 0.2) is 69.8 Å². The van der Waals surface area contributed by atoms with Crippen LogP contribution in [0.5, 0.6) is 5.75 Å². The van der Waals surface area contributed by atoms with Crippen molar-refractivity contribution in [3.63, 3.8) is 0 Å². The number of ether oxygens (including phenoxy) is 1. The predicted molar refractivity (Wildman–Crippen MR) is 90.7 cm³/mol. The molecule has 0 aliphatic carbocycles. The zero-order chi connectivity index (χ0) is 17.1. The van der Waals surface area contributed by atoms with Gasteiger partial charge in [-0.15, -0.1) is 10.2 Å². The largest absolute Gasteiger partial charge is 0.487 e. The molecule has 0 fully saturated rings. The van der Waals surface area contributed by atoms with Crippen molar-refractivity contribution in [2.24, 2.45) is 0 Å². The van der Waals surface area contributed by atoms with Gasteiger partial charge in [-0.25, -0.2) is 4.98 Å². The van der Waals surface area contributed by atoms with Crippen LogP contribution in [0.3, 0.4) is 0 Å². The quantitative estimate of drug-likeness (QED) is 0.543. The van der Waals surface area contributed by atoms with Gasteiger partial charge >= 0.3 is 0 Å². The van der Waals surface area contributed by atoms with Gasteiger partial charge in [0, 0.05) is 11.1 Å². The van der Waals surface area contributed by atoms with Crippen LogP contribution in [0.2, 0.25) is 0 Å². The van der Waals surface area contributed by atoms with E-state index in [2.05, 4.69) is 15.2 Å². The summed E-state index contributed by atoms with van der Waals surface area (Å²) in [5.41, 5.74) is 2.56. The summed E-state index contributed by atoms with van der Waals surface area (Å²) in [6.45, 7) is 2.22. The Morgan fingerprint density at radius 1 is 0.920 bits per heavy atom. The van der Waals surface area contributed by atoms with E-state index in [0.717, 1.165) is 28.3 Å². The van der Waals surface area contributed by atoms with Crippen LogP contribution in [0, 0.1) is 6.92 Å². The number of oxazole rings is 1. The lowest BCUT2D eigenvalue weighted by Crippen LogP contribution is -1.97. The van der Waals surface area contributed by atoms with Crippen LogP contribution in [-0.2, 0) is 6.61 Å². The Labute approximate surface area is 144 Å². The fraction of sp³-hybridized carbons (Fsp3) is 0.105. The highest BCUT2D eigenvalue weighted by Gasteiger charge is 2.12. The first-order chi connectivity index (χ1) is 12.3. The van der Waals surface area contributed by atoms with Crippen molar-refractivity contribution in [1.82, 2.24) is 15.2 Å². The van der Waals surface area contributed by atoms with Crippen LogP contribution < -0.4 is 4.74 Å². The van der Waals surface area contributed by atoms with Crippen molar-refractivity contribution >= 4 is 0 Å². The molecule has 0 spiro atoms. The lowest BCUT2D eigenvalue weighted by Gasteiger charge is -2.04. The maximum atomic E-state index is 5.81. The van der Waals surface area contributed by atoms with E-state index in [1.165, 1.54) is 6.39 Å². The molecule has 6 nitrogen and oxygen atoms in total. The number of benzene rings is 2. The van der Waals surface area contributed by atoms with Crippen LogP contribution in [0.4, 0.5) is 0 Å². The van der Waals surface area contributed by atoms with Gasteiger partial charge in [-0.2, -0.15) is 0 Å². The standard InChI is InChI=1S/C19H15N3O3/c1-13-17(21-18(25-13)14-5-3-2-4-6-14)11-23-16-9-7-15(8-10-16)19-22-20-12-24-19/h2-10,12H,11H2,1H3. The Bertz CT molecular complexity index is 946. The monoisotopic (exact) mass is 333 g/mol. The fourth-order valence-corrected chi connectivity index (χ4v) is 2.41. The maximum absolute atomic E-state index is 5.81. The maximum Gasteiger partial charge on any atom is 0.247 e. The summed E-state index contributed by atoms with van der Waals surface area (Å²) in [6, 6.07) is 17.2. The van der Waals surface area contributed by atoms with Crippen LogP contribution >= 0.6 is 0 Å². The van der Waals surface area contributed by atoms with Gasteiger partial charge in [0.15, 0.2) is 0 Å². The topological polar surface area (TPSA) is 74.2 Å². The van der Waals surface area contributed by atoms with Gasteiger partial charge < -0.3 is 13.6 Å². The van der Waals surface area contributed by atoms with E-state index in [9.17, 15) is 0 Å². The minimum absolute atomic E-state index is 0.335. The Balaban J connectivity index is 1.46. The highest BCUT2D eigenvalue weighted by atomic mass is 16.5. The van der Waals surface area contributed by atoms with Crippen molar-refractivity contribution in [2.75, 3.05) is 0 Å². The summed E-state index contributed by atoms with van der Waals surface area (Å²) in [4.78, 5) is 4.53. The lowest BCUT2D eigenvalue weighted by atomic mass is 10.2. The van der Waals surface area contributed by atoms with E-state index in [4.69, 9.17) is 13.6 Å². The third-order valence-electron chi connectivity index (χ3n) is 3.75. The Morgan fingerprint density at radius 3 is 2.40 bits per heavy atom. The van der Waals surface area contributed by atoms with E-state index < -0.39 is 0 Å². The summed E-state index contributed by atoms with van der Waals surface area (Å²) in [7, 11) is 0. The lowest BCUT2D eigenvalue weighted by molar-refractivity contribution is 0.299. The van der Waals surface area contributed by atoms with Crippen molar-refractivity contribution in [3.05, 3.63) is 72.4 Å². The van der Waals surface area contributed by atoms with Gasteiger partial charge in [0.25, 0.3) is 0 Å². The van der Waals surface area contributed by atoms with Crippen molar-refractivity contribution < 1.29 is 13.6 Å². The van der Waals surface area contributed by atoms with E-state index in [1.54, 1.807) is 0 Å². The summed E-state index contributed by atoms with van der Waals surface area (Å²) in [5, 5.41) is 7.54. The SMILES string of the molecule is Cc1oc(-c2ccccc2)nc1COc1ccc(-c2nnco2)cc1. The fourth-order valence-electron chi connectivity index (χ4n) is 2.41. The van der Waals surface area contributed by atoms with Gasteiger partial charge in [0.05, 0.1) is 0 Å². The van der Waals surface area contributed by atoms with Gasteiger partial charge in [0.2, 0.25) is 18.2 Å². The normalized spacial score (nSPS) is 10.8. The van der Waals surface area contributed by atoms with Crippen LogP contribution in [-0.4, -0.2) is 15.2 Å². The van der Waals surface area contributed by atoms with Crippen molar-refractivity contribution in [2.45, 2.75) is 13.5 Å².